The van der Waals surface area contributed by atoms with Crippen molar-refractivity contribution in [1.82, 2.24) is 5.32 Å². The first-order valence-electron chi connectivity index (χ1n) is 9.77. The van der Waals surface area contributed by atoms with Gasteiger partial charge in [-0.05, 0) is 42.5 Å². The molecule has 26 heavy (non-hydrogen) atoms. The Kier molecular flexibility index (Phi) is 10.9. The summed E-state index contributed by atoms with van der Waals surface area (Å²) in [6, 6.07) is 9.47. The van der Waals surface area contributed by atoms with E-state index in [9.17, 15) is 10.1 Å². The van der Waals surface area contributed by atoms with Crippen molar-refractivity contribution in [2.75, 3.05) is 13.2 Å². The zero-order valence-corrected chi connectivity index (χ0v) is 16.4. The van der Waals surface area contributed by atoms with Gasteiger partial charge in [-0.3, -0.25) is 4.79 Å². The van der Waals surface area contributed by atoms with Gasteiger partial charge in [-0.2, -0.15) is 5.26 Å². The average Bonchev–Trinajstić information content (AvgIpc) is 2.67. The van der Waals surface area contributed by atoms with Crippen LogP contribution in [0.15, 0.2) is 29.8 Å². The number of amides is 1. The van der Waals surface area contributed by atoms with E-state index in [1.165, 1.54) is 6.42 Å². The molecule has 0 saturated heterocycles. The fourth-order valence-corrected chi connectivity index (χ4v) is 2.59. The van der Waals surface area contributed by atoms with E-state index in [0.717, 1.165) is 43.4 Å². The summed E-state index contributed by atoms with van der Waals surface area (Å²) in [5.41, 5.74) is 0.951. The molecule has 0 fully saturated rings. The minimum Gasteiger partial charge on any atom is -0.494 e. The van der Waals surface area contributed by atoms with Gasteiger partial charge in [0, 0.05) is 6.54 Å². The predicted octanol–water partition coefficient (Wildman–Crippen LogP) is 5.11. The largest absolute Gasteiger partial charge is 0.494 e. The molecule has 0 aromatic heterocycles. The van der Waals surface area contributed by atoms with Crippen LogP contribution in [0.4, 0.5) is 0 Å². The molecule has 142 valence electrons. The van der Waals surface area contributed by atoms with Gasteiger partial charge in [0.25, 0.3) is 5.91 Å². The lowest BCUT2D eigenvalue weighted by molar-refractivity contribution is -0.117. The first-order chi connectivity index (χ1) is 12.6. The number of hydrogen-bond acceptors (Lipinski definition) is 3. The standard InChI is InChI=1S/C22H32N2O2/c1-4-7-9-18(6-3)17-24-22(25)20(16-23)15-19-10-12-21(13-11-19)26-14-8-5-2/h10-13,15,18H,4-9,14,17H2,1-3H3,(H,24,25)/b20-15+. The van der Waals surface area contributed by atoms with Crippen molar-refractivity contribution >= 4 is 12.0 Å². The Morgan fingerprint density at radius 1 is 1.19 bits per heavy atom. The number of hydrogen-bond donors (Lipinski definition) is 1. The van der Waals surface area contributed by atoms with Gasteiger partial charge in [0.2, 0.25) is 0 Å². The second-order valence-corrected chi connectivity index (χ2v) is 6.57. The number of benzene rings is 1. The van der Waals surface area contributed by atoms with Crippen LogP contribution < -0.4 is 10.1 Å². The monoisotopic (exact) mass is 356 g/mol. The SMILES string of the molecule is CCCCOc1ccc(/C=C(\C#N)C(=O)NCC(CC)CCCC)cc1. The maximum atomic E-state index is 12.3. The lowest BCUT2D eigenvalue weighted by Gasteiger charge is -2.15. The average molecular weight is 357 g/mol. The van der Waals surface area contributed by atoms with Crippen LogP contribution in [0.1, 0.15) is 64.9 Å². The topological polar surface area (TPSA) is 62.1 Å². The van der Waals surface area contributed by atoms with Gasteiger partial charge in [-0.1, -0.05) is 58.6 Å². The zero-order chi connectivity index (χ0) is 19.2. The minimum atomic E-state index is -0.300. The van der Waals surface area contributed by atoms with Crippen LogP contribution in [-0.2, 0) is 4.79 Å². The van der Waals surface area contributed by atoms with Crippen LogP contribution in [0, 0.1) is 17.2 Å². The fourth-order valence-electron chi connectivity index (χ4n) is 2.59. The van der Waals surface area contributed by atoms with Crippen LogP contribution >= 0.6 is 0 Å². The second kappa shape index (κ2) is 13.0. The van der Waals surface area contributed by atoms with Crippen molar-refractivity contribution in [2.24, 2.45) is 5.92 Å². The molecule has 0 heterocycles. The molecule has 4 heteroatoms. The highest BCUT2D eigenvalue weighted by Crippen LogP contribution is 2.16. The molecular formula is C22H32N2O2. The molecule has 0 aliphatic heterocycles. The van der Waals surface area contributed by atoms with Gasteiger partial charge < -0.3 is 10.1 Å². The van der Waals surface area contributed by atoms with Crippen molar-refractivity contribution in [3.8, 4) is 11.8 Å². The number of ether oxygens (including phenoxy) is 1. The Morgan fingerprint density at radius 2 is 1.88 bits per heavy atom. The highest BCUT2D eigenvalue weighted by Gasteiger charge is 2.12. The van der Waals surface area contributed by atoms with E-state index in [2.05, 4.69) is 26.1 Å². The second-order valence-electron chi connectivity index (χ2n) is 6.57. The normalized spacial score (nSPS) is 12.3. The van der Waals surface area contributed by atoms with Crippen molar-refractivity contribution in [3.05, 3.63) is 35.4 Å². The van der Waals surface area contributed by atoms with Gasteiger partial charge in [-0.25, -0.2) is 0 Å². The van der Waals surface area contributed by atoms with Gasteiger partial charge in [0.05, 0.1) is 6.61 Å². The summed E-state index contributed by atoms with van der Waals surface area (Å²) in [5, 5.41) is 12.2. The van der Waals surface area contributed by atoms with E-state index in [0.29, 0.717) is 19.1 Å². The molecule has 1 atom stereocenters. The molecular weight excluding hydrogens is 324 g/mol. The zero-order valence-electron chi connectivity index (χ0n) is 16.4. The van der Waals surface area contributed by atoms with E-state index < -0.39 is 0 Å². The summed E-state index contributed by atoms with van der Waals surface area (Å²) in [7, 11) is 0. The first kappa shape index (κ1) is 21.8. The number of unbranched alkanes of at least 4 members (excludes halogenated alkanes) is 2. The van der Waals surface area contributed by atoms with Crippen molar-refractivity contribution in [2.45, 2.75) is 59.3 Å². The van der Waals surface area contributed by atoms with Gasteiger partial charge in [0.15, 0.2) is 0 Å². The van der Waals surface area contributed by atoms with Gasteiger partial charge >= 0.3 is 0 Å². The highest BCUT2D eigenvalue weighted by atomic mass is 16.5. The van der Waals surface area contributed by atoms with Crippen molar-refractivity contribution in [3.63, 3.8) is 0 Å². The third-order valence-corrected chi connectivity index (χ3v) is 4.42. The number of nitrogens with zero attached hydrogens (tertiary/aromatic N) is 1. The maximum absolute atomic E-state index is 12.3. The third kappa shape index (κ3) is 8.20. The summed E-state index contributed by atoms with van der Waals surface area (Å²) in [5.74, 6) is 0.976. The molecule has 0 saturated carbocycles. The number of rotatable bonds is 12. The van der Waals surface area contributed by atoms with Crippen LogP contribution in [0.2, 0.25) is 0 Å². The molecule has 1 N–H and O–H groups in total. The van der Waals surface area contributed by atoms with Crippen LogP contribution in [0.3, 0.4) is 0 Å². The molecule has 1 aromatic carbocycles. The summed E-state index contributed by atoms with van der Waals surface area (Å²) in [4.78, 5) is 12.3. The summed E-state index contributed by atoms with van der Waals surface area (Å²) >= 11 is 0. The van der Waals surface area contributed by atoms with Crippen LogP contribution in [-0.4, -0.2) is 19.1 Å². The van der Waals surface area contributed by atoms with Gasteiger partial charge in [0.1, 0.15) is 17.4 Å². The molecule has 1 unspecified atom stereocenters. The Hall–Kier alpha value is -2.28. The molecule has 1 rings (SSSR count). The molecule has 0 aliphatic carbocycles. The predicted molar refractivity (Wildman–Crippen MR) is 107 cm³/mol. The quantitative estimate of drug-likeness (QED) is 0.322. The first-order valence-corrected chi connectivity index (χ1v) is 9.77. The third-order valence-electron chi connectivity index (χ3n) is 4.42. The van der Waals surface area contributed by atoms with E-state index in [1.54, 1.807) is 6.08 Å². The van der Waals surface area contributed by atoms with Gasteiger partial charge in [-0.15, -0.1) is 0 Å². The molecule has 1 aromatic rings. The molecule has 0 aliphatic rings. The number of nitrogens with one attached hydrogen (secondary N) is 1. The fraction of sp³-hybridized carbons (Fsp3) is 0.545. The lowest BCUT2D eigenvalue weighted by Crippen LogP contribution is -2.30. The lowest BCUT2D eigenvalue weighted by atomic mass is 9.99. The van der Waals surface area contributed by atoms with E-state index in [1.807, 2.05) is 30.3 Å². The molecule has 4 nitrogen and oxygen atoms in total. The van der Waals surface area contributed by atoms with Crippen molar-refractivity contribution in [1.29, 1.82) is 5.26 Å². The van der Waals surface area contributed by atoms with Crippen LogP contribution in [0.5, 0.6) is 5.75 Å². The van der Waals surface area contributed by atoms with Crippen LogP contribution in [0.25, 0.3) is 6.08 Å². The molecule has 0 radical (unpaired) electrons. The Balaban J connectivity index is 2.63. The van der Waals surface area contributed by atoms with E-state index in [4.69, 9.17) is 4.74 Å². The maximum Gasteiger partial charge on any atom is 0.261 e. The Labute approximate surface area is 158 Å². The summed E-state index contributed by atoms with van der Waals surface area (Å²) in [6.45, 7) is 7.75. The van der Waals surface area contributed by atoms with E-state index >= 15 is 0 Å². The molecule has 1 amide bonds. The number of carbonyl (C=O) groups excluding carboxylic acids is 1. The van der Waals surface area contributed by atoms with Crippen molar-refractivity contribution < 1.29 is 9.53 Å². The summed E-state index contributed by atoms with van der Waals surface area (Å²) in [6.07, 6.45) is 8.21. The Morgan fingerprint density at radius 3 is 2.46 bits per heavy atom. The molecule has 0 bridgehead atoms. The summed E-state index contributed by atoms with van der Waals surface area (Å²) < 4.78 is 5.62. The Bertz CT molecular complexity index is 600. The smallest absolute Gasteiger partial charge is 0.261 e. The highest BCUT2D eigenvalue weighted by molar-refractivity contribution is 6.01. The molecule has 0 spiro atoms. The number of carbonyl (C=O) groups is 1. The number of nitriles is 1. The minimum absolute atomic E-state index is 0.134. The van der Waals surface area contributed by atoms with E-state index in [-0.39, 0.29) is 11.5 Å².